The number of carbonyl (C=O) groups excluding carboxylic acids is 2. The molecule has 4 N–H and O–H groups in total. The highest BCUT2D eigenvalue weighted by Crippen LogP contribution is 2.36. The Kier molecular flexibility index (Phi) is 11.4. The summed E-state index contributed by atoms with van der Waals surface area (Å²) in [5.74, 6) is 0.319. The molecule has 2 amide bonds. The van der Waals surface area contributed by atoms with Gasteiger partial charge >= 0.3 is 6.09 Å². The number of aromatic nitrogens is 3. The molecular weight excluding hydrogens is 600 g/mol. The molecule has 1 aliphatic heterocycles. The summed E-state index contributed by atoms with van der Waals surface area (Å²) in [6.45, 7) is 14.8. The van der Waals surface area contributed by atoms with E-state index < -0.39 is 17.2 Å². The second kappa shape index (κ2) is 15.0. The van der Waals surface area contributed by atoms with Crippen molar-refractivity contribution in [3.63, 3.8) is 0 Å². The van der Waals surface area contributed by atoms with Gasteiger partial charge in [-0.15, -0.1) is 11.3 Å². The first-order chi connectivity index (χ1) is 21.9. The second-order valence-corrected chi connectivity index (χ2v) is 13.5. The number of rotatable bonds is 9. The Morgan fingerprint density at radius 1 is 1.17 bits per heavy atom. The van der Waals surface area contributed by atoms with Gasteiger partial charge in [-0.05, 0) is 89.5 Å². The Labute approximate surface area is 276 Å². The van der Waals surface area contributed by atoms with Gasteiger partial charge < -0.3 is 26.0 Å². The number of carbonyl (C=O) groups is 2. The number of nitrogens with one attached hydrogen (secondary N) is 2. The number of benzene rings is 1. The van der Waals surface area contributed by atoms with E-state index in [0.717, 1.165) is 54.7 Å². The van der Waals surface area contributed by atoms with Crippen molar-refractivity contribution < 1.29 is 14.3 Å². The van der Waals surface area contributed by atoms with Gasteiger partial charge in [0.15, 0.2) is 5.82 Å². The summed E-state index contributed by atoms with van der Waals surface area (Å²) in [6, 6.07) is 4.64. The van der Waals surface area contributed by atoms with Crippen molar-refractivity contribution in [1.82, 2.24) is 25.6 Å². The van der Waals surface area contributed by atoms with Gasteiger partial charge in [0.2, 0.25) is 5.91 Å². The maximum atomic E-state index is 13.4. The minimum Gasteiger partial charge on any atom is -0.444 e. The Morgan fingerprint density at radius 2 is 1.93 bits per heavy atom. The van der Waals surface area contributed by atoms with Crippen LogP contribution in [0.2, 0.25) is 0 Å². The molecule has 0 spiro atoms. The number of amides is 2. The first-order valence-corrected chi connectivity index (χ1v) is 17.0. The first-order valence-electron chi connectivity index (χ1n) is 16.1. The average molecular weight is 649 g/mol. The van der Waals surface area contributed by atoms with Gasteiger partial charge in [0.1, 0.15) is 23.2 Å². The third-order valence-electron chi connectivity index (χ3n) is 7.92. The molecule has 0 unspecified atom stereocenters. The summed E-state index contributed by atoms with van der Waals surface area (Å²) < 4.78 is 5.53. The van der Waals surface area contributed by atoms with Crippen molar-refractivity contribution >= 4 is 46.7 Å². The number of alkyl carbamates (subject to hydrolysis) is 1. The molecule has 46 heavy (non-hydrogen) atoms. The van der Waals surface area contributed by atoms with Crippen LogP contribution in [0.5, 0.6) is 0 Å². The van der Waals surface area contributed by atoms with Crippen molar-refractivity contribution in [2.75, 3.05) is 23.7 Å². The quantitative estimate of drug-likeness (QED) is 0.234. The van der Waals surface area contributed by atoms with E-state index in [4.69, 9.17) is 10.5 Å². The van der Waals surface area contributed by atoms with Crippen LogP contribution in [0.4, 0.5) is 22.0 Å². The zero-order chi connectivity index (χ0) is 33.5. The van der Waals surface area contributed by atoms with Crippen LogP contribution in [-0.2, 0) is 22.4 Å². The van der Waals surface area contributed by atoms with E-state index in [1.165, 1.54) is 17.5 Å². The van der Waals surface area contributed by atoms with E-state index >= 15 is 0 Å². The molecule has 2 aromatic heterocycles. The van der Waals surface area contributed by atoms with E-state index in [9.17, 15) is 9.59 Å². The number of hydrogen-bond donors (Lipinski definition) is 3. The zero-order valence-corrected chi connectivity index (χ0v) is 29.0. The monoisotopic (exact) mass is 648 g/mol. The molecular formula is C34H48N8O3S. The summed E-state index contributed by atoms with van der Waals surface area (Å²) in [6.07, 6.45) is 7.89. The van der Waals surface area contributed by atoms with E-state index in [0.29, 0.717) is 31.0 Å². The van der Waals surface area contributed by atoms with Gasteiger partial charge in [-0.1, -0.05) is 20.8 Å². The Balaban J connectivity index is 0.000000337. The number of thiazole rings is 1. The van der Waals surface area contributed by atoms with Crippen molar-refractivity contribution in [3.05, 3.63) is 46.2 Å². The van der Waals surface area contributed by atoms with Crippen molar-refractivity contribution in [3.8, 4) is 11.3 Å². The lowest BCUT2D eigenvalue weighted by atomic mass is 9.95. The maximum Gasteiger partial charge on any atom is 0.408 e. The maximum absolute atomic E-state index is 13.4. The molecule has 1 atom stereocenters. The fraction of sp³-hybridized carbons (Fsp3) is 0.529. The Morgan fingerprint density at radius 3 is 2.52 bits per heavy atom. The minimum absolute atomic E-state index is 0.118. The van der Waals surface area contributed by atoms with E-state index in [1.54, 1.807) is 17.6 Å². The topological polar surface area (TPSA) is 148 Å². The zero-order valence-electron chi connectivity index (χ0n) is 28.1. The molecule has 1 saturated heterocycles. The van der Waals surface area contributed by atoms with Crippen molar-refractivity contribution in [2.24, 2.45) is 4.99 Å². The molecule has 5 rings (SSSR count). The largest absolute Gasteiger partial charge is 0.444 e. The Hall–Kier alpha value is -4.06. The number of nitrogens with two attached hydrogens (primary N) is 1. The lowest BCUT2D eigenvalue weighted by Gasteiger charge is -2.32. The van der Waals surface area contributed by atoms with Crippen LogP contribution in [0, 0.1) is 6.92 Å². The molecule has 2 fully saturated rings. The highest BCUT2D eigenvalue weighted by atomic mass is 32.1. The molecule has 1 aliphatic carbocycles. The SMILES string of the molecule is CCC=Nc1c(C)ncnc1N.CCc1cc(-c2cscn2)cc(N2CC[C@](NC(=O)OC(C)(C)C)(C(=O)NC3CC3)C2)c1CC. The van der Waals surface area contributed by atoms with Gasteiger partial charge in [-0.2, -0.15) is 0 Å². The summed E-state index contributed by atoms with van der Waals surface area (Å²) in [7, 11) is 0. The number of aryl methyl sites for hydroxylation is 2. The smallest absolute Gasteiger partial charge is 0.408 e. The number of anilines is 2. The summed E-state index contributed by atoms with van der Waals surface area (Å²) in [5, 5.41) is 8.14. The normalized spacial score (nSPS) is 17.8. The molecule has 12 heteroatoms. The van der Waals surface area contributed by atoms with Gasteiger partial charge in [-0.25, -0.2) is 19.7 Å². The van der Waals surface area contributed by atoms with Gasteiger partial charge in [-0.3, -0.25) is 9.79 Å². The van der Waals surface area contributed by atoms with Crippen LogP contribution in [0.3, 0.4) is 0 Å². The molecule has 3 aromatic rings. The fourth-order valence-corrected chi connectivity index (χ4v) is 6.02. The predicted molar refractivity (Wildman–Crippen MR) is 186 cm³/mol. The molecule has 2 aliphatic rings. The molecule has 11 nitrogen and oxygen atoms in total. The van der Waals surface area contributed by atoms with Crippen LogP contribution in [0.25, 0.3) is 11.3 Å². The number of ether oxygens (including phenoxy) is 1. The van der Waals surface area contributed by atoms with Crippen LogP contribution < -0.4 is 21.3 Å². The van der Waals surface area contributed by atoms with Gasteiger partial charge in [0.25, 0.3) is 0 Å². The highest BCUT2D eigenvalue weighted by molar-refractivity contribution is 7.07. The first kappa shape index (κ1) is 34.8. The van der Waals surface area contributed by atoms with Crippen molar-refractivity contribution in [2.45, 2.75) is 104 Å². The number of nitrogen functional groups attached to an aromatic ring is 1. The minimum atomic E-state index is -1.03. The standard InChI is InChI=1S/C26H36N4O3S.C8H12N4/c1-6-17-12-18(21-14-34-16-27-21)13-22(20(17)7-2)30-11-10-26(15-30,23(31)28-19-8-9-19)29-24(32)33-25(3,4)5;1-3-4-10-7-6(2)11-5-12-8(7)9/h12-14,16,19H,6-11,15H2,1-5H3,(H,28,31)(H,29,32);4-5H,3H2,1-2H3,(H2,9,11,12)/t26-;/m1./s1. The number of aliphatic imine (C=N–C) groups is 1. The summed E-state index contributed by atoms with van der Waals surface area (Å²) >= 11 is 1.58. The van der Waals surface area contributed by atoms with E-state index in [-0.39, 0.29) is 11.9 Å². The lowest BCUT2D eigenvalue weighted by Crippen LogP contribution is -2.61. The molecule has 3 heterocycles. The lowest BCUT2D eigenvalue weighted by molar-refractivity contribution is -0.127. The molecule has 0 bridgehead atoms. The Bertz CT molecular complexity index is 1510. The van der Waals surface area contributed by atoms with E-state index in [2.05, 4.69) is 66.8 Å². The molecule has 1 aromatic carbocycles. The van der Waals surface area contributed by atoms with Crippen molar-refractivity contribution in [1.29, 1.82) is 0 Å². The van der Waals surface area contributed by atoms with Crippen LogP contribution in [0.15, 0.2) is 34.3 Å². The average Bonchev–Trinajstić information content (AvgIpc) is 3.46. The summed E-state index contributed by atoms with van der Waals surface area (Å²) in [4.78, 5) is 44.9. The van der Waals surface area contributed by atoms with Crippen LogP contribution in [-0.4, -0.2) is 63.4 Å². The third-order valence-corrected chi connectivity index (χ3v) is 8.50. The summed E-state index contributed by atoms with van der Waals surface area (Å²) in [5.41, 5.74) is 13.0. The highest BCUT2D eigenvalue weighted by Gasteiger charge is 2.48. The predicted octanol–water partition coefficient (Wildman–Crippen LogP) is 6.17. The molecule has 248 valence electrons. The number of hydrogen-bond acceptors (Lipinski definition) is 10. The second-order valence-electron chi connectivity index (χ2n) is 12.8. The van der Waals surface area contributed by atoms with Gasteiger partial charge in [0.05, 0.1) is 23.4 Å². The molecule has 1 saturated carbocycles. The third kappa shape index (κ3) is 8.80. The fourth-order valence-electron chi connectivity index (χ4n) is 5.46. The van der Waals surface area contributed by atoms with Crippen LogP contribution >= 0.6 is 11.3 Å². The number of nitrogens with zero attached hydrogens (tertiary/aromatic N) is 5. The van der Waals surface area contributed by atoms with Gasteiger partial charge in [0, 0.05) is 35.4 Å². The van der Waals surface area contributed by atoms with Crippen LogP contribution in [0.1, 0.15) is 84.0 Å². The molecule has 0 radical (unpaired) electrons. The van der Waals surface area contributed by atoms with E-state index in [1.807, 2.05) is 40.1 Å².